The molecule has 0 aliphatic rings. The number of rotatable bonds is 3. The molecule has 0 unspecified atom stereocenters. The SMILES string of the molecule is O=C(Cl)Cl.O=C(Cl)Cl.O=C(O)CCC(=O)O. The van der Waals surface area contributed by atoms with Gasteiger partial charge in [-0.15, -0.1) is 0 Å². The van der Waals surface area contributed by atoms with Crippen LogP contribution < -0.4 is 0 Å². The van der Waals surface area contributed by atoms with Crippen LogP contribution in [0.5, 0.6) is 0 Å². The molecule has 0 atom stereocenters. The van der Waals surface area contributed by atoms with Crippen molar-refractivity contribution in [2.45, 2.75) is 12.8 Å². The summed E-state index contributed by atoms with van der Waals surface area (Å²) >= 11 is 17.6. The van der Waals surface area contributed by atoms with Gasteiger partial charge in [-0.05, 0) is 46.4 Å². The standard InChI is InChI=1S/C4H6O4.2CCl2O/c5-3(6)1-2-4(7)8;2*2-1(3)4/h1-2H2,(H,5,6)(H,7,8);;. The first-order valence-electron chi connectivity index (χ1n) is 3.23. The number of carbonyl (C=O) groups excluding carboxylic acids is 2. The number of halogens is 4. The summed E-state index contributed by atoms with van der Waals surface area (Å²) in [4.78, 5) is 37.2. The van der Waals surface area contributed by atoms with E-state index in [2.05, 4.69) is 46.4 Å². The third kappa shape index (κ3) is 106. The van der Waals surface area contributed by atoms with E-state index in [0.29, 0.717) is 0 Å². The Hall–Kier alpha value is -0.560. The summed E-state index contributed by atoms with van der Waals surface area (Å²) in [6.45, 7) is 0. The third-order valence-electron chi connectivity index (χ3n) is 0.553. The highest BCUT2D eigenvalue weighted by molar-refractivity contribution is 6.94. The molecule has 10 heteroatoms. The summed E-state index contributed by atoms with van der Waals surface area (Å²) in [7, 11) is 0. The van der Waals surface area contributed by atoms with E-state index >= 15 is 0 Å². The third-order valence-corrected chi connectivity index (χ3v) is 0.553. The van der Waals surface area contributed by atoms with Crippen molar-refractivity contribution in [2.24, 2.45) is 0 Å². The number of aliphatic carboxylic acids is 2. The summed E-state index contributed by atoms with van der Waals surface area (Å²) in [5.74, 6) is -2.15. The highest BCUT2D eigenvalue weighted by Crippen LogP contribution is 1.86. The van der Waals surface area contributed by atoms with E-state index in [4.69, 9.17) is 19.8 Å². The van der Waals surface area contributed by atoms with Crippen LogP contribution in [0.2, 0.25) is 0 Å². The molecule has 0 radical (unpaired) electrons. The van der Waals surface area contributed by atoms with Crippen LogP contribution in [-0.4, -0.2) is 31.6 Å². The minimum atomic E-state index is -1.08. The van der Waals surface area contributed by atoms with Crippen LogP contribution in [0, 0.1) is 0 Å². The molecule has 0 heterocycles. The van der Waals surface area contributed by atoms with Gasteiger partial charge in [-0.3, -0.25) is 19.2 Å². The van der Waals surface area contributed by atoms with Gasteiger partial charge in [-0.1, -0.05) is 0 Å². The second kappa shape index (κ2) is 14.4. The van der Waals surface area contributed by atoms with Gasteiger partial charge in [0, 0.05) is 0 Å². The number of hydrogen-bond donors (Lipinski definition) is 2. The first kappa shape index (κ1) is 20.8. The average molecular weight is 316 g/mol. The fourth-order valence-corrected chi connectivity index (χ4v) is 0.214. The quantitative estimate of drug-likeness (QED) is 0.774. The maximum absolute atomic E-state index is 9.64. The Balaban J connectivity index is -0.000000179. The zero-order valence-corrected chi connectivity index (χ0v) is 10.5. The highest BCUT2D eigenvalue weighted by atomic mass is 35.5. The molecule has 0 aromatic heterocycles. The second-order valence-electron chi connectivity index (χ2n) is 1.74. The topological polar surface area (TPSA) is 109 Å². The second-order valence-corrected chi connectivity index (χ2v) is 3.50. The Labute approximate surface area is 110 Å². The van der Waals surface area contributed by atoms with Gasteiger partial charge in [0.05, 0.1) is 12.8 Å². The lowest BCUT2D eigenvalue weighted by atomic mass is 10.3. The van der Waals surface area contributed by atoms with Crippen molar-refractivity contribution in [1.82, 2.24) is 0 Å². The number of carboxylic acid groups (broad SMARTS) is 2. The van der Waals surface area contributed by atoms with Crippen LogP contribution in [-0.2, 0) is 9.59 Å². The molecule has 0 aromatic rings. The predicted molar refractivity (Wildman–Crippen MR) is 58.7 cm³/mol. The maximum atomic E-state index is 9.64. The van der Waals surface area contributed by atoms with Crippen molar-refractivity contribution in [3.8, 4) is 0 Å². The molecule has 0 rings (SSSR count). The Bertz CT molecular complexity index is 219. The largest absolute Gasteiger partial charge is 0.481 e. The fourth-order valence-electron chi connectivity index (χ4n) is 0.214. The smallest absolute Gasteiger partial charge is 0.313 e. The summed E-state index contributed by atoms with van der Waals surface area (Å²) < 4.78 is -1.78. The Kier molecular flexibility index (Phi) is 18.8. The monoisotopic (exact) mass is 314 g/mol. The van der Waals surface area contributed by atoms with Crippen molar-refractivity contribution in [3.63, 3.8) is 0 Å². The van der Waals surface area contributed by atoms with Crippen molar-refractivity contribution in [2.75, 3.05) is 0 Å². The first-order valence-corrected chi connectivity index (χ1v) is 4.74. The van der Waals surface area contributed by atoms with Gasteiger partial charge in [-0.25, -0.2) is 0 Å². The molecule has 0 spiro atoms. The molecule has 0 aromatic carbocycles. The van der Waals surface area contributed by atoms with E-state index in [1.54, 1.807) is 0 Å². The van der Waals surface area contributed by atoms with Crippen molar-refractivity contribution < 1.29 is 29.4 Å². The molecule has 16 heavy (non-hydrogen) atoms. The maximum Gasteiger partial charge on any atom is 0.313 e. The van der Waals surface area contributed by atoms with Crippen molar-refractivity contribution in [3.05, 3.63) is 0 Å². The summed E-state index contributed by atoms with van der Waals surface area (Å²) in [6.07, 6.45) is -0.593. The van der Waals surface area contributed by atoms with E-state index < -0.39 is 21.3 Å². The Morgan fingerprint density at radius 2 is 0.812 bits per heavy atom. The summed E-state index contributed by atoms with van der Waals surface area (Å²) in [6, 6.07) is 0. The molecule has 0 amide bonds. The molecule has 0 aliphatic carbocycles. The Morgan fingerprint density at radius 3 is 0.875 bits per heavy atom. The van der Waals surface area contributed by atoms with E-state index in [1.807, 2.05) is 0 Å². The van der Waals surface area contributed by atoms with E-state index in [9.17, 15) is 9.59 Å². The summed E-state index contributed by atoms with van der Waals surface area (Å²) in [5.41, 5.74) is 0. The Morgan fingerprint density at radius 1 is 0.688 bits per heavy atom. The van der Waals surface area contributed by atoms with Crippen LogP contribution in [0.15, 0.2) is 0 Å². The zero-order valence-electron chi connectivity index (χ0n) is 7.45. The number of hydrogen-bond acceptors (Lipinski definition) is 4. The van der Waals surface area contributed by atoms with Gasteiger partial charge in [0.25, 0.3) is 0 Å². The fraction of sp³-hybridized carbons (Fsp3) is 0.333. The minimum absolute atomic E-state index is 0.296. The van der Waals surface area contributed by atoms with Gasteiger partial charge < -0.3 is 10.2 Å². The molecule has 2 N–H and O–H groups in total. The van der Waals surface area contributed by atoms with Gasteiger partial charge in [0.15, 0.2) is 0 Å². The van der Waals surface area contributed by atoms with Crippen molar-refractivity contribution >= 4 is 67.7 Å². The predicted octanol–water partition coefficient (Wildman–Crippen LogP) is 3.10. The molecule has 0 saturated carbocycles. The normalized spacial score (nSPS) is 7.50. The number of carboxylic acids is 2. The molecule has 6 nitrogen and oxygen atoms in total. The average Bonchev–Trinajstić information content (AvgIpc) is 1.98. The highest BCUT2D eigenvalue weighted by Gasteiger charge is 2.00. The van der Waals surface area contributed by atoms with Gasteiger partial charge in [-0.2, -0.15) is 0 Å². The van der Waals surface area contributed by atoms with Gasteiger partial charge in [0.2, 0.25) is 0 Å². The lowest BCUT2D eigenvalue weighted by Crippen LogP contribution is -2.00. The van der Waals surface area contributed by atoms with Gasteiger partial charge >= 0.3 is 21.3 Å². The lowest BCUT2D eigenvalue weighted by Gasteiger charge is -1.85. The van der Waals surface area contributed by atoms with Gasteiger partial charge in [0.1, 0.15) is 0 Å². The molecule has 0 aliphatic heterocycles. The van der Waals surface area contributed by atoms with Crippen LogP contribution in [0.3, 0.4) is 0 Å². The first-order chi connectivity index (χ1) is 7.09. The molecule has 0 bridgehead atoms. The van der Waals surface area contributed by atoms with E-state index in [0.717, 1.165) is 0 Å². The van der Waals surface area contributed by atoms with Crippen LogP contribution >= 0.6 is 46.4 Å². The van der Waals surface area contributed by atoms with Crippen LogP contribution in [0.25, 0.3) is 0 Å². The number of carbonyl (C=O) groups is 4. The molecule has 94 valence electrons. The molecule has 0 fully saturated rings. The van der Waals surface area contributed by atoms with Crippen LogP contribution in [0.1, 0.15) is 12.8 Å². The van der Waals surface area contributed by atoms with Crippen molar-refractivity contribution in [1.29, 1.82) is 0 Å². The van der Waals surface area contributed by atoms with E-state index in [1.165, 1.54) is 0 Å². The minimum Gasteiger partial charge on any atom is -0.481 e. The molecular formula is C6H6Cl4O6. The zero-order chi connectivity index (χ0) is 13.7. The molecule has 0 saturated heterocycles. The summed E-state index contributed by atoms with van der Waals surface area (Å²) in [5, 5.41) is 15.8. The molecular weight excluding hydrogens is 310 g/mol. The lowest BCUT2D eigenvalue weighted by molar-refractivity contribution is -0.143. The van der Waals surface area contributed by atoms with Crippen LogP contribution in [0.4, 0.5) is 9.59 Å². The van der Waals surface area contributed by atoms with E-state index in [-0.39, 0.29) is 12.8 Å².